The molecule has 1 aliphatic carbocycles. The Morgan fingerprint density at radius 3 is 2.60 bits per heavy atom. The Labute approximate surface area is 152 Å². The lowest BCUT2D eigenvalue weighted by Gasteiger charge is -2.02. The van der Waals surface area contributed by atoms with E-state index in [9.17, 15) is 13.2 Å². The van der Waals surface area contributed by atoms with Crippen molar-refractivity contribution >= 4 is 42.4 Å². The first-order valence-electron chi connectivity index (χ1n) is 8.06. The molecular formula is C18H22N2O3S2. The minimum atomic E-state index is -3.26. The van der Waals surface area contributed by atoms with Gasteiger partial charge in [-0.3, -0.25) is 4.79 Å². The first-order chi connectivity index (χ1) is 11.5. The van der Waals surface area contributed by atoms with E-state index >= 15 is 0 Å². The maximum absolute atomic E-state index is 12.6. The molecule has 1 aromatic heterocycles. The monoisotopic (exact) mass is 378 g/mol. The zero-order valence-corrected chi connectivity index (χ0v) is 16.6. The number of rotatable bonds is 4. The van der Waals surface area contributed by atoms with Crippen molar-refractivity contribution in [3.8, 4) is 0 Å². The van der Waals surface area contributed by atoms with Crippen LogP contribution in [0.3, 0.4) is 0 Å². The minimum absolute atomic E-state index is 0.0325. The lowest BCUT2D eigenvalue weighted by atomic mass is 10.1. The number of benzene rings is 1. The summed E-state index contributed by atoms with van der Waals surface area (Å²) in [6, 6.07) is 4.81. The molecule has 1 amide bonds. The van der Waals surface area contributed by atoms with Gasteiger partial charge in [0.25, 0.3) is 0 Å². The summed E-state index contributed by atoms with van der Waals surface area (Å²) < 4.78 is 24.1. The Kier molecular flexibility index (Phi) is 4.28. The van der Waals surface area contributed by atoms with Crippen LogP contribution in [0.2, 0.25) is 0 Å². The number of nitrogens with one attached hydrogen (secondary N) is 1. The van der Waals surface area contributed by atoms with Gasteiger partial charge in [-0.2, -0.15) is 0 Å². The van der Waals surface area contributed by atoms with Gasteiger partial charge in [0.15, 0.2) is 15.0 Å². The summed E-state index contributed by atoms with van der Waals surface area (Å²) in [6.45, 7) is 8.27. The Morgan fingerprint density at radius 1 is 1.32 bits per heavy atom. The average molecular weight is 379 g/mol. The predicted molar refractivity (Wildman–Crippen MR) is 102 cm³/mol. The third kappa shape index (κ3) is 3.48. The summed E-state index contributed by atoms with van der Waals surface area (Å²) >= 11 is 1.29. The molecule has 0 saturated heterocycles. The van der Waals surface area contributed by atoms with Crippen LogP contribution >= 0.6 is 11.3 Å². The van der Waals surface area contributed by atoms with Gasteiger partial charge in [0.2, 0.25) is 5.91 Å². The lowest BCUT2D eigenvalue weighted by Crippen LogP contribution is -2.16. The van der Waals surface area contributed by atoms with Gasteiger partial charge in [-0.1, -0.05) is 36.8 Å². The fraction of sp³-hybridized carbons (Fsp3) is 0.444. The van der Waals surface area contributed by atoms with E-state index in [0.29, 0.717) is 10.6 Å². The Morgan fingerprint density at radius 2 is 2.00 bits per heavy atom. The molecule has 7 heteroatoms. The van der Waals surface area contributed by atoms with Crippen molar-refractivity contribution in [1.29, 1.82) is 0 Å². The molecule has 3 rings (SSSR count). The Hall–Kier alpha value is -1.73. The molecule has 2 aromatic rings. The highest BCUT2D eigenvalue weighted by molar-refractivity contribution is 7.90. The minimum Gasteiger partial charge on any atom is -0.302 e. The second kappa shape index (κ2) is 5.92. The van der Waals surface area contributed by atoms with Crippen molar-refractivity contribution < 1.29 is 13.2 Å². The number of carbonyl (C=O) groups is 1. The maximum Gasteiger partial charge on any atom is 0.230 e. The Bertz CT molecular complexity index is 983. The zero-order valence-electron chi connectivity index (χ0n) is 15.0. The third-order valence-corrected chi connectivity index (χ3v) is 6.77. The van der Waals surface area contributed by atoms with E-state index in [1.54, 1.807) is 12.1 Å². The molecule has 0 bridgehead atoms. The average Bonchev–Trinajstić information content (AvgIpc) is 2.82. The first-order valence-corrected chi connectivity index (χ1v) is 10.8. The van der Waals surface area contributed by atoms with E-state index in [-0.39, 0.29) is 28.1 Å². The maximum atomic E-state index is 12.6. The predicted octanol–water partition coefficient (Wildman–Crippen LogP) is 3.88. The van der Waals surface area contributed by atoms with Gasteiger partial charge < -0.3 is 5.32 Å². The summed E-state index contributed by atoms with van der Waals surface area (Å²) in [5.41, 5.74) is 1.84. The third-order valence-electron chi connectivity index (χ3n) is 4.72. The van der Waals surface area contributed by atoms with E-state index in [0.717, 1.165) is 4.70 Å². The van der Waals surface area contributed by atoms with Crippen molar-refractivity contribution in [3.05, 3.63) is 29.8 Å². The molecule has 1 N–H and O–H groups in total. The summed E-state index contributed by atoms with van der Waals surface area (Å²) in [5.74, 6) is 0.139. The zero-order chi connectivity index (χ0) is 18.6. The number of nitrogens with zero attached hydrogens (tertiary/aromatic N) is 1. The van der Waals surface area contributed by atoms with Crippen LogP contribution in [0, 0.1) is 17.3 Å². The SMILES string of the molecule is CC(C)=C[C@H]1[C@@H](C(=O)Nc2nc3ccc(S(C)(=O)=O)cc3s2)C1(C)C. The fourth-order valence-electron chi connectivity index (χ4n) is 3.22. The van der Waals surface area contributed by atoms with Crippen molar-refractivity contribution in [3.63, 3.8) is 0 Å². The molecule has 2 atom stereocenters. The molecule has 25 heavy (non-hydrogen) atoms. The van der Waals surface area contributed by atoms with E-state index in [4.69, 9.17) is 0 Å². The molecule has 1 aliphatic rings. The van der Waals surface area contributed by atoms with E-state index in [2.05, 4.69) is 30.2 Å². The second-order valence-corrected chi connectivity index (χ2v) is 10.5. The number of fused-ring (bicyclic) bond motifs is 1. The smallest absolute Gasteiger partial charge is 0.230 e. The topological polar surface area (TPSA) is 76.1 Å². The molecule has 1 heterocycles. The van der Waals surface area contributed by atoms with Gasteiger partial charge in [-0.15, -0.1) is 0 Å². The van der Waals surface area contributed by atoms with Crippen molar-refractivity contribution in [2.75, 3.05) is 11.6 Å². The summed E-state index contributed by atoms with van der Waals surface area (Å²) in [7, 11) is -3.26. The van der Waals surface area contributed by atoms with Crippen LogP contribution in [0.4, 0.5) is 5.13 Å². The molecule has 1 fully saturated rings. The van der Waals surface area contributed by atoms with Crippen LogP contribution < -0.4 is 5.32 Å². The largest absolute Gasteiger partial charge is 0.302 e. The van der Waals surface area contributed by atoms with Crippen LogP contribution in [0.15, 0.2) is 34.7 Å². The number of hydrogen-bond acceptors (Lipinski definition) is 5. The van der Waals surface area contributed by atoms with Crippen molar-refractivity contribution in [2.45, 2.75) is 32.6 Å². The molecule has 1 saturated carbocycles. The normalized spacial score (nSPS) is 21.8. The van der Waals surface area contributed by atoms with Gasteiger partial charge >= 0.3 is 0 Å². The van der Waals surface area contributed by atoms with Gasteiger partial charge in [-0.25, -0.2) is 13.4 Å². The number of carbonyl (C=O) groups excluding carboxylic acids is 1. The summed E-state index contributed by atoms with van der Waals surface area (Å²) in [5, 5.41) is 3.40. The van der Waals surface area contributed by atoms with Crippen LogP contribution in [-0.4, -0.2) is 25.6 Å². The molecule has 134 valence electrons. The molecule has 0 spiro atoms. The number of sulfone groups is 1. The molecule has 0 radical (unpaired) electrons. The summed E-state index contributed by atoms with van der Waals surface area (Å²) in [6.07, 6.45) is 3.33. The van der Waals surface area contributed by atoms with Gasteiger partial charge in [0.05, 0.1) is 21.0 Å². The number of thiazole rings is 1. The number of allylic oxidation sites excluding steroid dienone is 2. The van der Waals surface area contributed by atoms with Crippen LogP contribution in [0.1, 0.15) is 27.7 Å². The second-order valence-electron chi connectivity index (χ2n) is 7.48. The number of aromatic nitrogens is 1. The summed E-state index contributed by atoms with van der Waals surface area (Å²) in [4.78, 5) is 17.3. The molecule has 1 aromatic carbocycles. The Balaban J connectivity index is 1.82. The van der Waals surface area contributed by atoms with E-state index in [1.165, 1.54) is 29.2 Å². The fourth-order valence-corrected chi connectivity index (χ4v) is 4.85. The molecule has 5 nitrogen and oxygen atoms in total. The highest BCUT2D eigenvalue weighted by atomic mass is 32.2. The van der Waals surface area contributed by atoms with E-state index < -0.39 is 9.84 Å². The van der Waals surface area contributed by atoms with Crippen LogP contribution in [0.25, 0.3) is 10.2 Å². The van der Waals surface area contributed by atoms with Crippen LogP contribution in [-0.2, 0) is 14.6 Å². The number of hydrogen-bond donors (Lipinski definition) is 1. The van der Waals surface area contributed by atoms with Gasteiger partial charge in [0.1, 0.15) is 0 Å². The molecule has 0 unspecified atom stereocenters. The van der Waals surface area contributed by atoms with Crippen molar-refractivity contribution in [1.82, 2.24) is 4.98 Å². The highest BCUT2D eigenvalue weighted by Gasteiger charge is 2.60. The quantitative estimate of drug-likeness (QED) is 0.819. The number of amides is 1. The molecule has 0 aliphatic heterocycles. The van der Waals surface area contributed by atoms with Crippen molar-refractivity contribution in [2.24, 2.45) is 17.3 Å². The molecular weight excluding hydrogens is 356 g/mol. The van der Waals surface area contributed by atoms with E-state index in [1.807, 2.05) is 13.8 Å². The first kappa shape index (κ1) is 18.1. The van der Waals surface area contributed by atoms with Crippen LogP contribution in [0.5, 0.6) is 0 Å². The lowest BCUT2D eigenvalue weighted by molar-refractivity contribution is -0.118. The standard InChI is InChI=1S/C18H22N2O3S2/c1-10(2)8-12-15(18(12,3)4)16(21)20-17-19-13-7-6-11(25(5,22)23)9-14(13)24-17/h6-9,12,15H,1-5H3,(H,19,20,21)/t12-,15-/m0/s1. The van der Waals surface area contributed by atoms with Gasteiger partial charge in [0, 0.05) is 6.26 Å². The van der Waals surface area contributed by atoms with Gasteiger partial charge in [-0.05, 0) is 43.4 Å². The number of anilines is 1. The highest BCUT2D eigenvalue weighted by Crippen LogP contribution is 2.59.